The van der Waals surface area contributed by atoms with Gasteiger partial charge in [0.15, 0.2) is 0 Å². The minimum atomic E-state index is -0.702. The van der Waals surface area contributed by atoms with Crippen LogP contribution in [-0.2, 0) is 16.0 Å². The molecule has 0 saturated carbocycles. The third kappa shape index (κ3) is 4.70. The van der Waals surface area contributed by atoms with Crippen molar-refractivity contribution in [3.05, 3.63) is 102 Å². The van der Waals surface area contributed by atoms with Crippen LogP contribution in [0.2, 0.25) is 0 Å². The van der Waals surface area contributed by atoms with Crippen molar-refractivity contribution in [1.82, 2.24) is 15.2 Å². The van der Waals surface area contributed by atoms with Crippen LogP contribution in [0.4, 0.5) is 4.79 Å². The van der Waals surface area contributed by atoms with Gasteiger partial charge in [0.1, 0.15) is 18.3 Å². The number of urea groups is 1. The predicted molar refractivity (Wildman–Crippen MR) is 134 cm³/mol. The van der Waals surface area contributed by atoms with Gasteiger partial charge in [0.2, 0.25) is 0 Å². The highest BCUT2D eigenvalue weighted by Crippen LogP contribution is 2.34. The van der Waals surface area contributed by atoms with Crippen molar-refractivity contribution < 1.29 is 19.1 Å². The van der Waals surface area contributed by atoms with Gasteiger partial charge in [0.05, 0.1) is 18.9 Å². The average Bonchev–Trinajstić information content (AvgIpc) is 3.47. The van der Waals surface area contributed by atoms with Crippen LogP contribution in [0, 0.1) is 0 Å². The van der Waals surface area contributed by atoms with Crippen LogP contribution < -0.4 is 10.1 Å². The molecule has 2 unspecified atom stereocenters. The van der Waals surface area contributed by atoms with Gasteiger partial charge in [-0.25, -0.2) is 9.80 Å². The SMILES string of the molecule is COc1ccc(C2CC(c3ccccc3)=NN2C(=O)CN2C(=O)NC(Cc3ccccc3)C2=O)cc1. The fourth-order valence-electron chi connectivity index (χ4n) is 4.55. The van der Waals surface area contributed by atoms with Crippen LogP contribution in [0.25, 0.3) is 0 Å². The quantitative estimate of drug-likeness (QED) is 0.522. The molecule has 2 heterocycles. The van der Waals surface area contributed by atoms with E-state index in [1.165, 1.54) is 5.01 Å². The molecule has 3 aromatic carbocycles. The van der Waals surface area contributed by atoms with E-state index in [1.54, 1.807) is 7.11 Å². The molecule has 8 nitrogen and oxygen atoms in total. The second-order valence-corrected chi connectivity index (χ2v) is 8.76. The van der Waals surface area contributed by atoms with Gasteiger partial charge >= 0.3 is 6.03 Å². The number of hydrogen-bond donors (Lipinski definition) is 1. The third-order valence-corrected chi connectivity index (χ3v) is 6.46. The molecule has 2 aliphatic heterocycles. The second-order valence-electron chi connectivity index (χ2n) is 8.76. The van der Waals surface area contributed by atoms with E-state index in [2.05, 4.69) is 10.4 Å². The molecule has 1 saturated heterocycles. The highest BCUT2D eigenvalue weighted by atomic mass is 16.5. The number of imide groups is 1. The highest BCUT2D eigenvalue weighted by Gasteiger charge is 2.41. The van der Waals surface area contributed by atoms with Gasteiger partial charge in [0, 0.05) is 12.8 Å². The fourth-order valence-corrected chi connectivity index (χ4v) is 4.55. The van der Waals surface area contributed by atoms with E-state index in [0.717, 1.165) is 27.3 Å². The van der Waals surface area contributed by atoms with Gasteiger partial charge in [-0.1, -0.05) is 72.8 Å². The lowest BCUT2D eigenvalue weighted by atomic mass is 9.98. The third-order valence-electron chi connectivity index (χ3n) is 6.46. The van der Waals surface area contributed by atoms with E-state index in [-0.39, 0.29) is 12.6 Å². The zero-order chi connectivity index (χ0) is 25.1. The number of ether oxygens (including phenoxy) is 1. The van der Waals surface area contributed by atoms with Crippen molar-refractivity contribution in [2.24, 2.45) is 5.10 Å². The van der Waals surface area contributed by atoms with E-state index in [0.29, 0.717) is 18.6 Å². The molecule has 2 atom stereocenters. The maximum Gasteiger partial charge on any atom is 0.325 e. The summed E-state index contributed by atoms with van der Waals surface area (Å²) in [5.41, 5.74) is 3.51. The van der Waals surface area contributed by atoms with Gasteiger partial charge in [-0.3, -0.25) is 14.5 Å². The Morgan fingerprint density at radius 2 is 1.64 bits per heavy atom. The lowest BCUT2D eigenvalue weighted by molar-refractivity contribution is -0.138. The number of nitrogens with one attached hydrogen (secondary N) is 1. The number of hydrazone groups is 1. The minimum absolute atomic E-state index is 0.362. The summed E-state index contributed by atoms with van der Waals surface area (Å²) >= 11 is 0. The molecule has 0 bridgehead atoms. The van der Waals surface area contributed by atoms with Crippen LogP contribution in [0.5, 0.6) is 5.75 Å². The Balaban J connectivity index is 1.36. The lowest BCUT2D eigenvalue weighted by Crippen LogP contribution is -2.41. The summed E-state index contributed by atoms with van der Waals surface area (Å²) in [5, 5.41) is 8.74. The normalized spacial score (nSPS) is 19.3. The summed E-state index contributed by atoms with van der Waals surface area (Å²) in [6, 6.07) is 25.0. The Hall–Kier alpha value is -4.46. The Morgan fingerprint density at radius 3 is 2.31 bits per heavy atom. The summed E-state index contributed by atoms with van der Waals surface area (Å²) in [5.74, 6) is -0.127. The standard InChI is InChI=1S/C28H26N4O4/c1-36-22-14-12-21(13-15-22)25-17-23(20-10-6-3-7-11-20)30-32(25)26(33)18-31-27(34)24(29-28(31)35)16-19-8-4-2-5-9-19/h2-15,24-25H,16-18H2,1H3,(H,29,35). The van der Waals surface area contributed by atoms with E-state index < -0.39 is 23.9 Å². The first-order valence-corrected chi connectivity index (χ1v) is 11.8. The lowest BCUT2D eigenvalue weighted by Gasteiger charge is -2.24. The minimum Gasteiger partial charge on any atom is -0.497 e. The summed E-state index contributed by atoms with van der Waals surface area (Å²) in [7, 11) is 1.60. The van der Waals surface area contributed by atoms with Crippen LogP contribution in [0.15, 0.2) is 90.0 Å². The number of rotatable bonds is 7. The van der Waals surface area contributed by atoms with Crippen molar-refractivity contribution >= 4 is 23.6 Å². The van der Waals surface area contributed by atoms with E-state index in [9.17, 15) is 14.4 Å². The molecule has 1 fully saturated rings. The molecule has 5 rings (SSSR count). The molecule has 0 aromatic heterocycles. The predicted octanol–water partition coefficient (Wildman–Crippen LogP) is 3.54. The summed E-state index contributed by atoms with van der Waals surface area (Å²) in [4.78, 5) is 40.1. The van der Waals surface area contributed by atoms with E-state index in [1.807, 2.05) is 84.9 Å². The molecule has 0 spiro atoms. The first kappa shape index (κ1) is 23.3. The summed E-state index contributed by atoms with van der Waals surface area (Å²) in [6.45, 7) is -0.381. The van der Waals surface area contributed by atoms with Crippen molar-refractivity contribution in [2.45, 2.75) is 24.9 Å². The Bertz CT molecular complexity index is 1290. The van der Waals surface area contributed by atoms with Crippen LogP contribution in [0.3, 0.4) is 0 Å². The van der Waals surface area contributed by atoms with Crippen LogP contribution in [0.1, 0.15) is 29.2 Å². The maximum absolute atomic E-state index is 13.5. The van der Waals surface area contributed by atoms with Gasteiger partial charge in [0.25, 0.3) is 11.8 Å². The largest absolute Gasteiger partial charge is 0.497 e. The van der Waals surface area contributed by atoms with Gasteiger partial charge in [-0.05, 0) is 28.8 Å². The van der Waals surface area contributed by atoms with Gasteiger partial charge < -0.3 is 10.1 Å². The van der Waals surface area contributed by atoms with Crippen molar-refractivity contribution in [2.75, 3.05) is 13.7 Å². The summed E-state index contributed by atoms with van der Waals surface area (Å²) < 4.78 is 5.26. The molecule has 0 aliphatic carbocycles. The number of hydrogen-bond acceptors (Lipinski definition) is 5. The Morgan fingerprint density at radius 1 is 0.972 bits per heavy atom. The monoisotopic (exact) mass is 482 g/mol. The Kier molecular flexibility index (Phi) is 6.49. The number of methoxy groups -OCH3 is 1. The molecular weight excluding hydrogens is 456 g/mol. The molecule has 4 amide bonds. The van der Waals surface area contributed by atoms with E-state index >= 15 is 0 Å². The second kappa shape index (κ2) is 10.0. The van der Waals surface area contributed by atoms with E-state index in [4.69, 9.17) is 4.74 Å². The van der Waals surface area contributed by atoms with Crippen LogP contribution in [-0.4, -0.2) is 53.2 Å². The van der Waals surface area contributed by atoms with Crippen LogP contribution >= 0.6 is 0 Å². The average molecular weight is 483 g/mol. The van der Waals surface area contributed by atoms with Crippen molar-refractivity contribution in [1.29, 1.82) is 0 Å². The van der Waals surface area contributed by atoms with Crippen molar-refractivity contribution in [3.63, 3.8) is 0 Å². The maximum atomic E-state index is 13.5. The molecule has 8 heteroatoms. The number of benzene rings is 3. The zero-order valence-electron chi connectivity index (χ0n) is 19.8. The topological polar surface area (TPSA) is 91.3 Å². The Labute approximate surface area is 209 Å². The fraction of sp³-hybridized carbons (Fsp3) is 0.214. The highest BCUT2D eigenvalue weighted by molar-refractivity contribution is 6.07. The molecule has 182 valence electrons. The first-order chi connectivity index (χ1) is 17.5. The molecule has 0 radical (unpaired) electrons. The number of nitrogens with zero attached hydrogens (tertiary/aromatic N) is 3. The molecule has 3 aromatic rings. The number of carbonyl (C=O) groups is 3. The zero-order valence-corrected chi connectivity index (χ0v) is 19.8. The molecule has 1 N–H and O–H groups in total. The van der Waals surface area contributed by atoms with Gasteiger partial charge in [-0.2, -0.15) is 5.10 Å². The molecule has 36 heavy (non-hydrogen) atoms. The molecular formula is C28H26N4O4. The van der Waals surface area contributed by atoms with Crippen molar-refractivity contribution in [3.8, 4) is 5.75 Å². The summed E-state index contributed by atoms with van der Waals surface area (Å²) in [6.07, 6.45) is 0.878. The van der Waals surface area contributed by atoms with Gasteiger partial charge in [-0.15, -0.1) is 0 Å². The number of carbonyl (C=O) groups excluding carboxylic acids is 3. The smallest absolute Gasteiger partial charge is 0.325 e. The first-order valence-electron chi connectivity index (χ1n) is 11.8. The number of amides is 4. The molecule has 2 aliphatic rings.